The number of allylic oxidation sites excluding steroid dienone is 12. The summed E-state index contributed by atoms with van der Waals surface area (Å²) in [6, 6.07) is 0. The number of unbranched alkanes of at least 4 members (excludes halogenated alkanes) is 39. The molecule has 0 saturated heterocycles. The van der Waals surface area contributed by atoms with Gasteiger partial charge in [0.1, 0.15) is 13.2 Å². The van der Waals surface area contributed by atoms with Crippen LogP contribution in [0.3, 0.4) is 0 Å². The Morgan fingerprint density at radius 2 is 0.500 bits per heavy atom. The van der Waals surface area contributed by atoms with Gasteiger partial charge < -0.3 is 14.2 Å². The molecule has 0 saturated carbocycles. The lowest BCUT2D eigenvalue weighted by molar-refractivity contribution is -0.167. The molecule has 0 heterocycles. The summed E-state index contributed by atoms with van der Waals surface area (Å²) in [7, 11) is 0. The maximum atomic E-state index is 12.9. The SMILES string of the molecule is CC/C=C\C/C=C\C/C=C\C/C=C\CCCCCCCCCCCCCCCCC(=O)OCC(COC(=O)CCCCCCC/C=C\CCCCCCC)OC(=O)CCCCCCCCCCC/C=C\CCCCCCCC. The molecule has 0 fully saturated rings. The monoisotopic (exact) mass is 1090 g/mol. The van der Waals surface area contributed by atoms with E-state index in [1.807, 2.05) is 0 Å². The highest BCUT2D eigenvalue weighted by Gasteiger charge is 2.19. The van der Waals surface area contributed by atoms with Crippen molar-refractivity contribution in [2.24, 2.45) is 0 Å². The fourth-order valence-electron chi connectivity index (χ4n) is 9.84. The van der Waals surface area contributed by atoms with Gasteiger partial charge in [-0.25, -0.2) is 0 Å². The second-order valence-corrected chi connectivity index (χ2v) is 22.7. The summed E-state index contributed by atoms with van der Waals surface area (Å²) in [5.41, 5.74) is 0. The van der Waals surface area contributed by atoms with E-state index in [0.717, 1.165) is 89.9 Å². The van der Waals surface area contributed by atoms with Gasteiger partial charge in [-0.2, -0.15) is 0 Å². The van der Waals surface area contributed by atoms with Gasteiger partial charge in [-0.05, 0) is 109 Å². The van der Waals surface area contributed by atoms with Crippen molar-refractivity contribution in [2.45, 2.75) is 354 Å². The highest BCUT2D eigenvalue weighted by molar-refractivity contribution is 5.71. The van der Waals surface area contributed by atoms with Crippen LogP contribution in [-0.2, 0) is 28.6 Å². The lowest BCUT2D eigenvalue weighted by Gasteiger charge is -2.18. The Morgan fingerprint density at radius 3 is 0.795 bits per heavy atom. The predicted molar refractivity (Wildman–Crippen MR) is 339 cm³/mol. The predicted octanol–water partition coefficient (Wildman–Crippen LogP) is 23.3. The average Bonchev–Trinajstić information content (AvgIpc) is 3.44. The van der Waals surface area contributed by atoms with Crippen molar-refractivity contribution in [1.29, 1.82) is 0 Å². The second kappa shape index (κ2) is 66.4. The highest BCUT2D eigenvalue weighted by atomic mass is 16.6. The average molecular weight is 1090 g/mol. The van der Waals surface area contributed by atoms with Crippen molar-refractivity contribution in [3.63, 3.8) is 0 Å². The molecule has 1 atom stereocenters. The molecule has 78 heavy (non-hydrogen) atoms. The van der Waals surface area contributed by atoms with Crippen LogP contribution < -0.4 is 0 Å². The van der Waals surface area contributed by atoms with Crippen LogP contribution in [0.1, 0.15) is 348 Å². The molecule has 0 aliphatic rings. The maximum absolute atomic E-state index is 12.9. The van der Waals surface area contributed by atoms with Crippen molar-refractivity contribution < 1.29 is 28.6 Å². The number of rotatable bonds is 62. The molecule has 0 bridgehead atoms. The molecule has 0 aliphatic carbocycles. The molecule has 0 aromatic carbocycles. The molecule has 0 aliphatic heterocycles. The third-order valence-electron chi connectivity index (χ3n) is 14.9. The molecule has 0 aromatic heterocycles. The lowest BCUT2D eigenvalue weighted by atomic mass is 10.0. The van der Waals surface area contributed by atoms with Crippen molar-refractivity contribution in [3.8, 4) is 0 Å². The first-order valence-corrected chi connectivity index (χ1v) is 33.9. The van der Waals surface area contributed by atoms with Crippen LogP contribution in [0.5, 0.6) is 0 Å². The molecular formula is C72H128O6. The van der Waals surface area contributed by atoms with Gasteiger partial charge in [0.05, 0.1) is 0 Å². The van der Waals surface area contributed by atoms with E-state index in [4.69, 9.17) is 14.2 Å². The first-order valence-electron chi connectivity index (χ1n) is 33.9. The van der Waals surface area contributed by atoms with Crippen molar-refractivity contribution in [1.82, 2.24) is 0 Å². The summed E-state index contributed by atoms with van der Waals surface area (Å²) >= 11 is 0. The van der Waals surface area contributed by atoms with Gasteiger partial charge in [0, 0.05) is 19.3 Å². The molecule has 6 heteroatoms. The summed E-state index contributed by atoms with van der Waals surface area (Å²) in [6.07, 6.45) is 86.3. The van der Waals surface area contributed by atoms with E-state index in [2.05, 4.69) is 93.7 Å². The number of carbonyl (C=O) groups excluding carboxylic acids is 3. The Labute approximate surface area is 484 Å². The molecule has 0 spiro atoms. The number of ether oxygens (including phenoxy) is 3. The number of esters is 3. The minimum atomic E-state index is -0.780. The van der Waals surface area contributed by atoms with Gasteiger partial charge in [-0.3, -0.25) is 14.4 Å². The summed E-state index contributed by atoms with van der Waals surface area (Å²) in [5.74, 6) is -0.869. The largest absolute Gasteiger partial charge is 0.462 e. The van der Waals surface area contributed by atoms with Crippen LogP contribution in [0.25, 0.3) is 0 Å². The molecule has 0 amide bonds. The van der Waals surface area contributed by atoms with E-state index in [-0.39, 0.29) is 31.1 Å². The summed E-state index contributed by atoms with van der Waals surface area (Å²) < 4.78 is 17.0. The molecule has 0 aromatic rings. The topological polar surface area (TPSA) is 78.9 Å². The fraction of sp³-hybridized carbons (Fsp3) is 0.792. The lowest BCUT2D eigenvalue weighted by Crippen LogP contribution is -2.30. The Hall–Kier alpha value is -3.15. The normalized spacial score (nSPS) is 12.5. The fourth-order valence-corrected chi connectivity index (χ4v) is 9.84. The van der Waals surface area contributed by atoms with Gasteiger partial charge in [-0.15, -0.1) is 0 Å². The Kier molecular flexibility index (Phi) is 63.7. The third-order valence-corrected chi connectivity index (χ3v) is 14.9. The summed E-state index contributed by atoms with van der Waals surface area (Å²) in [4.78, 5) is 38.4. The minimum Gasteiger partial charge on any atom is -0.462 e. The van der Waals surface area contributed by atoms with E-state index in [1.165, 1.54) is 218 Å². The molecule has 0 rings (SSSR count). The molecule has 0 radical (unpaired) electrons. The molecular weight excluding hydrogens is 961 g/mol. The van der Waals surface area contributed by atoms with E-state index in [0.29, 0.717) is 19.3 Å². The van der Waals surface area contributed by atoms with E-state index < -0.39 is 6.10 Å². The Bertz CT molecular complexity index is 1440. The first kappa shape index (κ1) is 74.8. The molecule has 0 N–H and O–H groups in total. The van der Waals surface area contributed by atoms with Crippen LogP contribution in [-0.4, -0.2) is 37.2 Å². The van der Waals surface area contributed by atoms with Crippen LogP contribution in [0.2, 0.25) is 0 Å². The molecule has 1 unspecified atom stereocenters. The maximum Gasteiger partial charge on any atom is 0.306 e. The molecule has 452 valence electrons. The second-order valence-electron chi connectivity index (χ2n) is 22.7. The van der Waals surface area contributed by atoms with Crippen molar-refractivity contribution in [2.75, 3.05) is 13.2 Å². The van der Waals surface area contributed by atoms with Crippen LogP contribution in [0, 0.1) is 0 Å². The number of hydrogen-bond acceptors (Lipinski definition) is 6. The quantitative estimate of drug-likeness (QED) is 0.0261. The zero-order valence-corrected chi connectivity index (χ0v) is 51.9. The Morgan fingerprint density at radius 1 is 0.269 bits per heavy atom. The van der Waals surface area contributed by atoms with Crippen molar-refractivity contribution in [3.05, 3.63) is 72.9 Å². The minimum absolute atomic E-state index is 0.0761. The third kappa shape index (κ3) is 63.7. The Balaban J connectivity index is 4.27. The molecule has 6 nitrogen and oxygen atoms in total. The smallest absolute Gasteiger partial charge is 0.306 e. The summed E-state index contributed by atoms with van der Waals surface area (Å²) in [5, 5.41) is 0. The number of carbonyl (C=O) groups is 3. The van der Waals surface area contributed by atoms with Gasteiger partial charge in [0.15, 0.2) is 6.10 Å². The van der Waals surface area contributed by atoms with Gasteiger partial charge >= 0.3 is 17.9 Å². The van der Waals surface area contributed by atoms with Crippen LogP contribution in [0.4, 0.5) is 0 Å². The zero-order valence-electron chi connectivity index (χ0n) is 51.9. The van der Waals surface area contributed by atoms with E-state index >= 15 is 0 Å². The van der Waals surface area contributed by atoms with Crippen LogP contribution in [0.15, 0.2) is 72.9 Å². The van der Waals surface area contributed by atoms with Crippen LogP contribution >= 0.6 is 0 Å². The number of hydrogen-bond donors (Lipinski definition) is 0. The van der Waals surface area contributed by atoms with Gasteiger partial charge in [0.2, 0.25) is 0 Å². The van der Waals surface area contributed by atoms with Gasteiger partial charge in [-0.1, -0.05) is 293 Å². The van der Waals surface area contributed by atoms with E-state index in [1.54, 1.807) is 0 Å². The standard InChI is InChI=1S/C72H128O6/c1-4-7-10-13-16-19-22-25-28-30-32-33-34-35-36-37-38-39-41-42-44-47-50-53-56-59-62-65-71(74)77-68-69(67-76-70(73)64-61-58-55-52-49-46-27-24-21-18-15-12-9-6-3)78-72(75)66-63-60-57-54-51-48-45-43-40-31-29-26-23-20-17-14-11-8-5-2/h7,10,16,19,24-29,32-33,69H,4-6,8-9,11-15,17-18,20-23,30-31,34-68H2,1-3H3/b10-7-,19-16-,27-24-,28-25-,29-26-,33-32-. The zero-order chi connectivity index (χ0) is 56.4. The highest BCUT2D eigenvalue weighted by Crippen LogP contribution is 2.17. The van der Waals surface area contributed by atoms with Gasteiger partial charge in [0.25, 0.3) is 0 Å². The first-order chi connectivity index (χ1) is 38.5. The van der Waals surface area contributed by atoms with Crippen molar-refractivity contribution >= 4 is 17.9 Å². The summed E-state index contributed by atoms with van der Waals surface area (Å²) in [6.45, 7) is 6.55. The van der Waals surface area contributed by atoms with E-state index in [9.17, 15) is 14.4 Å².